The zero-order valence-electron chi connectivity index (χ0n) is 15.9. The molecule has 1 aliphatic rings. The van der Waals surface area contributed by atoms with Crippen LogP contribution in [0.1, 0.15) is 39.2 Å². The van der Waals surface area contributed by atoms with Gasteiger partial charge in [0.1, 0.15) is 4.21 Å². The number of piperidine rings is 1. The molecular weight excluding hydrogens is 380 g/mol. The smallest absolute Gasteiger partial charge is 0.252 e. The quantitative estimate of drug-likeness (QED) is 0.832. The molecule has 0 spiro atoms. The van der Waals surface area contributed by atoms with Crippen LogP contribution in [0, 0.1) is 5.92 Å². The van der Waals surface area contributed by atoms with Gasteiger partial charge in [-0.1, -0.05) is 45.0 Å². The van der Waals surface area contributed by atoms with E-state index in [0.717, 1.165) is 11.3 Å². The summed E-state index contributed by atoms with van der Waals surface area (Å²) in [6, 6.07) is 11.2. The van der Waals surface area contributed by atoms with Crippen molar-refractivity contribution < 1.29 is 13.2 Å². The predicted octanol–water partition coefficient (Wildman–Crippen LogP) is 4.09. The number of thiophene rings is 1. The minimum Gasteiger partial charge on any atom is -0.326 e. The summed E-state index contributed by atoms with van der Waals surface area (Å²) >= 11 is 1.23. The highest BCUT2D eigenvalue weighted by Crippen LogP contribution is 2.31. The van der Waals surface area contributed by atoms with Crippen molar-refractivity contribution in [3.63, 3.8) is 0 Å². The van der Waals surface area contributed by atoms with Crippen molar-refractivity contribution in [3.05, 3.63) is 47.3 Å². The van der Waals surface area contributed by atoms with Gasteiger partial charge in [-0.2, -0.15) is 4.31 Å². The number of anilines is 1. The first-order chi connectivity index (χ1) is 12.7. The van der Waals surface area contributed by atoms with Crippen LogP contribution in [0.4, 0.5) is 5.69 Å². The Labute approximate surface area is 165 Å². The average Bonchev–Trinajstić information content (AvgIpc) is 3.17. The van der Waals surface area contributed by atoms with Crippen LogP contribution >= 0.6 is 11.3 Å². The number of rotatable bonds is 4. The molecular formula is C20H26N2O3S2. The van der Waals surface area contributed by atoms with E-state index < -0.39 is 10.0 Å². The molecule has 2 heterocycles. The fraction of sp³-hybridized carbons (Fsp3) is 0.450. The summed E-state index contributed by atoms with van der Waals surface area (Å²) in [5.74, 6) is -0.201. The van der Waals surface area contributed by atoms with Crippen molar-refractivity contribution in [1.82, 2.24) is 4.31 Å². The monoisotopic (exact) mass is 406 g/mol. The molecule has 1 N–H and O–H groups in total. The second-order valence-electron chi connectivity index (χ2n) is 7.90. The van der Waals surface area contributed by atoms with E-state index in [1.165, 1.54) is 15.6 Å². The maximum absolute atomic E-state index is 12.8. The Morgan fingerprint density at radius 2 is 1.78 bits per heavy atom. The fourth-order valence-electron chi connectivity index (χ4n) is 3.38. The Hall–Kier alpha value is -1.70. The molecule has 146 valence electrons. The van der Waals surface area contributed by atoms with Gasteiger partial charge in [-0.25, -0.2) is 8.42 Å². The van der Waals surface area contributed by atoms with Gasteiger partial charge in [-0.05, 0) is 41.3 Å². The number of carbonyl (C=O) groups excluding carboxylic acids is 1. The number of nitrogens with zero attached hydrogens (tertiary/aromatic N) is 1. The summed E-state index contributed by atoms with van der Waals surface area (Å²) in [6.45, 7) is 7.10. The van der Waals surface area contributed by atoms with Crippen molar-refractivity contribution in [2.45, 2.75) is 43.2 Å². The van der Waals surface area contributed by atoms with E-state index in [4.69, 9.17) is 0 Å². The summed E-state index contributed by atoms with van der Waals surface area (Å²) in [6.07, 6.45) is 1.07. The van der Waals surface area contributed by atoms with Crippen LogP contribution in [0.3, 0.4) is 0 Å². The summed E-state index contributed by atoms with van der Waals surface area (Å²) in [5.41, 5.74) is 1.86. The van der Waals surface area contributed by atoms with Crippen LogP contribution in [0.2, 0.25) is 0 Å². The van der Waals surface area contributed by atoms with Gasteiger partial charge in [-0.15, -0.1) is 11.3 Å². The lowest BCUT2D eigenvalue weighted by Crippen LogP contribution is -2.41. The number of para-hydroxylation sites is 1. The highest BCUT2D eigenvalue weighted by molar-refractivity contribution is 7.91. The van der Waals surface area contributed by atoms with Crippen LogP contribution in [-0.4, -0.2) is 31.7 Å². The summed E-state index contributed by atoms with van der Waals surface area (Å²) < 4.78 is 27.1. The van der Waals surface area contributed by atoms with E-state index in [2.05, 4.69) is 26.1 Å². The lowest BCUT2D eigenvalue weighted by molar-refractivity contribution is -0.120. The van der Waals surface area contributed by atoms with Gasteiger partial charge in [0.05, 0.1) is 0 Å². The van der Waals surface area contributed by atoms with Crippen LogP contribution in [-0.2, 0) is 20.2 Å². The molecule has 1 saturated heterocycles. The van der Waals surface area contributed by atoms with E-state index in [1.807, 2.05) is 24.3 Å². The van der Waals surface area contributed by atoms with Gasteiger partial charge < -0.3 is 5.32 Å². The molecule has 5 nitrogen and oxygen atoms in total. The molecule has 1 fully saturated rings. The molecule has 0 radical (unpaired) electrons. The number of hydrogen-bond donors (Lipinski definition) is 1. The maximum atomic E-state index is 12.8. The van der Waals surface area contributed by atoms with Crippen molar-refractivity contribution in [2.75, 3.05) is 18.4 Å². The Morgan fingerprint density at radius 3 is 2.37 bits per heavy atom. The average molecular weight is 407 g/mol. The lowest BCUT2D eigenvalue weighted by atomic mass is 9.85. The molecule has 0 bridgehead atoms. The molecule has 0 aliphatic carbocycles. The second-order valence-corrected chi connectivity index (χ2v) is 11.0. The fourth-order valence-corrected chi connectivity index (χ4v) is 5.99. The van der Waals surface area contributed by atoms with Crippen molar-refractivity contribution >= 4 is 33.0 Å². The predicted molar refractivity (Wildman–Crippen MR) is 110 cm³/mol. The second kappa shape index (κ2) is 7.73. The number of amides is 1. The van der Waals surface area contributed by atoms with E-state index >= 15 is 0 Å². The van der Waals surface area contributed by atoms with Crippen molar-refractivity contribution in [1.29, 1.82) is 0 Å². The standard InChI is InChI=1S/C20H26N2O3S2/c1-20(2,3)16-7-4-5-8-17(16)21-19(23)15-10-12-22(13-11-15)27(24,25)18-9-6-14-26-18/h4-9,14-15H,10-13H2,1-3H3,(H,21,23). The van der Waals surface area contributed by atoms with E-state index in [0.29, 0.717) is 30.1 Å². The molecule has 0 unspecified atom stereocenters. The number of benzene rings is 1. The molecule has 2 aromatic rings. The Kier molecular flexibility index (Phi) is 5.74. The van der Waals surface area contributed by atoms with Crippen molar-refractivity contribution in [2.24, 2.45) is 5.92 Å². The highest BCUT2D eigenvalue weighted by Gasteiger charge is 2.33. The van der Waals surface area contributed by atoms with E-state index in [9.17, 15) is 13.2 Å². The number of carbonyl (C=O) groups is 1. The largest absolute Gasteiger partial charge is 0.326 e. The number of nitrogens with one attached hydrogen (secondary N) is 1. The lowest BCUT2D eigenvalue weighted by Gasteiger charge is -2.30. The molecule has 3 rings (SSSR count). The minimum absolute atomic E-state index is 0.0279. The third-order valence-corrected chi connectivity index (χ3v) is 8.18. The number of hydrogen-bond acceptors (Lipinski definition) is 4. The third kappa shape index (κ3) is 4.42. The molecule has 1 aliphatic heterocycles. The summed E-state index contributed by atoms with van der Waals surface area (Å²) in [4.78, 5) is 12.8. The van der Waals surface area contributed by atoms with Gasteiger partial charge >= 0.3 is 0 Å². The first-order valence-corrected chi connectivity index (χ1v) is 11.5. The zero-order valence-corrected chi connectivity index (χ0v) is 17.6. The normalized spacial score (nSPS) is 17.0. The van der Waals surface area contributed by atoms with Crippen LogP contribution in [0.25, 0.3) is 0 Å². The molecule has 1 amide bonds. The summed E-state index contributed by atoms with van der Waals surface area (Å²) in [7, 11) is -3.43. The first kappa shape index (κ1) is 20.0. The Morgan fingerprint density at radius 1 is 1.11 bits per heavy atom. The first-order valence-electron chi connectivity index (χ1n) is 9.13. The molecule has 1 aromatic heterocycles. The molecule has 0 saturated carbocycles. The van der Waals surface area contributed by atoms with Gasteiger partial charge in [0.25, 0.3) is 10.0 Å². The Bertz CT molecular complexity index is 892. The molecule has 0 atom stereocenters. The maximum Gasteiger partial charge on any atom is 0.252 e. The zero-order chi connectivity index (χ0) is 19.7. The highest BCUT2D eigenvalue weighted by atomic mass is 32.2. The van der Waals surface area contributed by atoms with Crippen molar-refractivity contribution in [3.8, 4) is 0 Å². The van der Waals surface area contributed by atoms with Gasteiger partial charge in [0.2, 0.25) is 5.91 Å². The molecule has 1 aromatic carbocycles. The van der Waals surface area contributed by atoms with E-state index in [1.54, 1.807) is 17.5 Å². The molecule has 27 heavy (non-hydrogen) atoms. The van der Waals surface area contributed by atoms with Crippen LogP contribution < -0.4 is 5.32 Å². The van der Waals surface area contributed by atoms with Crippen LogP contribution in [0.5, 0.6) is 0 Å². The minimum atomic E-state index is -3.43. The van der Waals surface area contributed by atoms with Gasteiger partial charge in [0, 0.05) is 24.7 Å². The van der Waals surface area contributed by atoms with Crippen LogP contribution in [0.15, 0.2) is 46.0 Å². The Balaban J connectivity index is 1.65. The third-order valence-electron chi connectivity index (χ3n) is 4.91. The topological polar surface area (TPSA) is 66.5 Å². The van der Waals surface area contributed by atoms with Gasteiger partial charge in [0.15, 0.2) is 0 Å². The number of sulfonamides is 1. The molecule has 7 heteroatoms. The summed E-state index contributed by atoms with van der Waals surface area (Å²) in [5, 5.41) is 4.83. The van der Waals surface area contributed by atoms with Gasteiger partial charge in [-0.3, -0.25) is 4.79 Å². The SMILES string of the molecule is CC(C)(C)c1ccccc1NC(=O)C1CCN(S(=O)(=O)c2cccs2)CC1. The van der Waals surface area contributed by atoms with E-state index in [-0.39, 0.29) is 17.2 Å².